The van der Waals surface area contributed by atoms with Gasteiger partial charge in [0.2, 0.25) is 0 Å². The first kappa shape index (κ1) is 17.7. The number of H-pyrrole nitrogens is 2. The average molecular weight is 386 g/mol. The zero-order valence-corrected chi connectivity index (χ0v) is 15.9. The van der Waals surface area contributed by atoms with Crippen LogP contribution in [0.3, 0.4) is 0 Å². The number of carbonyl (C=O) groups is 1. The molecule has 0 unspecified atom stereocenters. The van der Waals surface area contributed by atoms with Crippen molar-refractivity contribution in [1.29, 1.82) is 0 Å². The summed E-state index contributed by atoms with van der Waals surface area (Å²) in [5.74, 6) is 0.261. The molecule has 4 aromatic rings. The van der Waals surface area contributed by atoms with Crippen LogP contribution in [0.1, 0.15) is 47.7 Å². The Balaban J connectivity index is 1.29. The van der Waals surface area contributed by atoms with E-state index in [-0.39, 0.29) is 23.4 Å². The van der Waals surface area contributed by atoms with Crippen molar-refractivity contribution in [2.45, 2.75) is 37.6 Å². The Morgan fingerprint density at radius 3 is 2.41 bits per heavy atom. The van der Waals surface area contributed by atoms with Gasteiger partial charge < -0.3 is 10.3 Å². The Labute approximate surface area is 167 Å². The van der Waals surface area contributed by atoms with Crippen LogP contribution in [-0.4, -0.2) is 27.1 Å². The van der Waals surface area contributed by atoms with E-state index in [4.69, 9.17) is 0 Å². The van der Waals surface area contributed by atoms with Gasteiger partial charge in [0.25, 0.3) is 11.5 Å². The Morgan fingerprint density at radius 1 is 0.931 bits per heavy atom. The van der Waals surface area contributed by atoms with Crippen LogP contribution in [0, 0.1) is 0 Å². The summed E-state index contributed by atoms with van der Waals surface area (Å²) in [6, 6.07) is 15.6. The zero-order valence-electron chi connectivity index (χ0n) is 15.9. The number of hydrogen-bond donors (Lipinski definition) is 3. The van der Waals surface area contributed by atoms with Crippen LogP contribution in [0.2, 0.25) is 0 Å². The van der Waals surface area contributed by atoms with Crippen molar-refractivity contribution in [3.05, 3.63) is 76.3 Å². The van der Waals surface area contributed by atoms with Crippen molar-refractivity contribution < 1.29 is 4.79 Å². The van der Waals surface area contributed by atoms with E-state index in [0.717, 1.165) is 47.7 Å². The number of hydrogen-bond acceptors (Lipinski definition) is 3. The number of fused-ring (bicyclic) bond motifs is 2. The van der Waals surface area contributed by atoms with Crippen LogP contribution in [0.15, 0.2) is 59.5 Å². The number of nitrogens with one attached hydrogen (secondary N) is 3. The molecule has 0 aliphatic heterocycles. The Bertz CT molecular complexity index is 1250. The summed E-state index contributed by atoms with van der Waals surface area (Å²) in [6.07, 6.45) is 5.44. The van der Waals surface area contributed by atoms with Gasteiger partial charge in [-0.2, -0.15) is 5.10 Å². The Morgan fingerprint density at radius 2 is 1.62 bits per heavy atom. The first-order valence-corrected chi connectivity index (χ1v) is 10.0. The first-order chi connectivity index (χ1) is 14.2. The fourth-order valence-corrected chi connectivity index (χ4v) is 4.48. The van der Waals surface area contributed by atoms with Crippen molar-refractivity contribution in [2.75, 3.05) is 0 Å². The molecule has 1 amide bonds. The normalized spacial score (nSPS) is 19.4. The quantitative estimate of drug-likeness (QED) is 0.499. The van der Waals surface area contributed by atoms with Gasteiger partial charge in [0.05, 0.1) is 16.6 Å². The van der Waals surface area contributed by atoms with Crippen LogP contribution in [0.5, 0.6) is 0 Å². The van der Waals surface area contributed by atoms with Crippen LogP contribution in [-0.2, 0) is 0 Å². The van der Waals surface area contributed by atoms with Crippen LogP contribution < -0.4 is 10.9 Å². The van der Waals surface area contributed by atoms with Gasteiger partial charge in [-0.05, 0) is 37.8 Å². The monoisotopic (exact) mass is 386 g/mol. The summed E-state index contributed by atoms with van der Waals surface area (Å²) in [5.41, 5.74) is 2.47. The number of amides is 1. The topological polar surface area (TPSA) is 90.6 Å². The number of para-hydroxylation sites is 1. The number of carbonyl (C=O) groups excluding carboxylic acids is 1. The van der Waals surface area contributed by atoms with E-state index in [2.05, 4.69) is 20.5 Å². The molecule has 0 bridgehead atoms. The molecule has 0 saturated heterocycles. The van der Waals surface area contributed by atoms with E-state index in [1.165, 1.54) is 0 Å². The summed E-state index contributed by atoms with van der Waals surface area (Å²) in [4.78, 5) is 28.0. The molecule has 146 valence electrons. The molecule has 0 radical (unpaired) electrons. The third-order valence-electron chi connectivity index (χ3n) is 6.01. The van der Waals surface area contributed by atoms with Crippen LogP contribution in [0.25, 0.3) is 21.7 Å². The molecular formula is C23H22N4O2. The lowest BCUT2D eigenvalue weighted by Gasteiger charge is -2.29. The molecule has 3 N–H and O–H groups in total. The summed E-state index contributed by atoms with van der Waals surface area (Å²) in [5, 5.41) is 12.8. The molecule has 1 saturated carbocycles. The Hall–Kier alpha value is -3.41. The first-order valence-electron chi connectivity index (χ1n) is 10.0. The largest absolute Gasteiger partial charge is 0.360 e. The Kier molecular flexibility index (Phi) is 4.39. The minimum Gasteiger partial charge on any atom is -0.360 e. The number of nitrogens with zero attached hydrogens (tertiary/aromatic N) is 1. The minimum atomic E-state index is -0.149. The van der Waals surface area contributed by atoms with Gasteiger partial charge in [-0.1, -0.05) is 36.4 Å². The molecule has 1 fully saturated rings. The molecule has 2 aromatic carbocycles. The molecule has 0 atom stereocenters. The van der Waals surface area contributed by atoms with Gasteiger partial charge in [0, 0.05) is 34.4 Å². The molecule has 6 nitrogen and oxygen atoms in total. The number of benzene rings is 2. The van der Waals surface area contributed by atoms with Gasteiger partial charge in [-0.25, -0.2) is 5.10 Å². The SMILES string of the molecule is O=C(NC1CCC(c2n[nH]c(=O)c3ccccc23)CC1)c1c[nH]c2ccccc12. The maximum Gasteiger partial charge on any atom is 0.272 e. The van der Waals surface area contributed by atoms with Gasteiger partial charge in [0.1, 0.15) is 0 Å². The van der Waals surface area contributed by atoms with Crippen molar-refractivity contribution in [3.8, 4) is 0 Å². The van der Waals surface area contributed by atoms with Crippen LogP contribution in [0.4, 0.5) is 0 Å². The highest BCUT2D eigenvalue weighted by Gasteiger charge is 2.26. The van der Waals surface area contributed by atoms with Crippen molar-refractivity contribution in [1.82, 2.24) is 20.5 Å². The van der Waals surface area contributed by atoms with Gasteiger partial charge in [0.15, 0.2) is 0 Å². The van der Waals surface area contributed by atoms with Gasteiger partial charge in [-0.3, -0.25) is 9.59 Å². The lowest BCUT2D eigenvalue weighted by atomic mass is 9.82. The molecule has 2 heterocycles. The fourth-order valence-electron chi connectivity index (χ4n) is 4.48. The van der Waals surface area contributed by atoms with Gasteiger partial charge in [-0.15, -0.1) is 0 Å². The predicted octanol–water partition coefficient (Wildman–Crippen LogP) is 3.86. The molecular weight excluding hydrogens is 364 g/mol. The highest BCUT2D eigenvalue weighted by Crippen LogP contribution is 2.34. The van der Waals surface area contributed by atoms with E-state index >= 15 is 0 Å². The predicted molar refractivity (Wildman–Crippen MR) is 113 cm³/mol. The van der Waals surface area contributed by atoms with Crippen molar-refractivity contribution in [2.24, 2.45) is 0 Å². The average Bonchev–Trinajstić information content (AvgIpc) is 3.19. The number of aromatic nitrogens is 3. The minimum absolute atomic E-state index is 0.0292. The second kappa shape index (κ2) is 7.20. The summed E-state index contributed by atoms with van der Waals surface area (Å²) >= 11 is 0. The van der Waals surface area contributed by atoms with Crippen LogP contribution >= 0.6 is 0 Å². The second-order valence-electron chi connectivity index (χ2n) is 7.75. The summed E-state index contributed by atoms with van der Waals surface area (Å²) in [7, 11) is 0. The van der Waals surface area contributed by atoms with E-state index in [9.17, 15) is 9.59 Å². The third kappa shape index (κ3) is 3.20. The number of rotatable bonds is 3. The summed E-state index contributed by atoms with van der Waals surface area (Å²) < 4.78 is 0. The molecule has 5 rings (SSSR count). The maximum atomic E-state index is 12.8. The lowest BCUT2D eigenvalue weighted by Crippen LogP contribution is -2.37. The molecule has 6 heteroatoms. The zero-order chi connectivity index (χ0) is 19.8. The fraction of sp³-hybridized carbons (Fsp3) is 0.261. The van der Waals surface area contributed by atoms with E-state index in [1.807, 2.05) is 48.5 Å². The maximum absolute atomic E-state index is 12.8. The molecule has 1 aliphatic carbocycles. The third-order valence-corrected chi connectivity index (χ3v) is 6.01. The van der Waals surface area contributed by atoms with E-state index in [0.29, 0.717) is 10.9 Å². The standard InChI is InChI=1S/C23H22N4O2/c28-22(19-13-24-20-8-4-3-5-16(19)20)25-15-11-9-14(10-12-15)21-17-6-1-2-7-18(17)23(29)27-26-21/h1-8,13-15,24H,9-12H2,(H,25,28)(H,27,29). The van der Waals surface area contributed by atoms with Gasteiger partial charge >= 0.3 is 0 Å². The summed E-state index contributed by atoms with van der Waals surface area (Å²) in [6.45, 7) is 0. The smallest absolute Gasteiger partial charge is 0.272 e. The molecule has 0 spiro atoms. The molecule has 29 heavy (non-hydrogen) atoms. The molecule has 2 aromatic heterocycles. The lowest BCUT2D eigenvalue weighted by molar-refractivity contribution is 0.0927. The number of aromatic amines is 2. The second-order valence-corrected chi connectivity index (χ2v) is 7.75. The molecule has 1 aliphatic rings. The van der Waals surface area contributed by atoms with E-state index in [1.54, 1.807) is 6.20 Å². The van der Waals surface area contributed by atoms with Crippen molar-refractivity contribution >= 4 is 27.6 Å². The highest BCUT2D eigenvalue weighted by molar-refractivity contribution is 6.06. The van der Waals surface area contributed by atoms with Crippen molar-refractivity contribution in [3.63, 3.8) is 0 Å². The van der Waals surface area contributed by atoms with E-state index < -0.39 is 0 Å². The highest BCUT2D eigenvalue weighted by atomic mass is 16.1.